The van der Waals surface area contributed by atoms with E-state index in [0.29, 0.717) is 23.6 Å². The van der Waals surface area contributed by atoms with Crippen molar-refractivity contribution in [3.8, 4) is 28.1 Å². The van der Waals surface area contributed by atoms with E-state index in [0.717, 1.165) is 33.5 Å². The van der Waals surface area contributed by atoms with Crippen molar-refractivity contribution >= 4 is 33.1 Å². The van der Waals surface area contributed by atoms with Crippen LogP contribution in [0.2, 0.25) is 0 Å². The minimum absolute atomic E-state index is 0.244. The van der Waals surface area contributed by atoms with Crippen LogP contribution in [0.5, 0.6) is 5.75 Å². The molecule has 0 N–H and O–H groups in total. The van der Waals surface area contributed by atoms with E-state index in [1.807, 2.05) is 54.6 Å². The predicted molar refractivity (Wildman–Crippen MR) is 187 cm³/mol. The molecule has 248 valence electrons. The minimum Gasteiger partial charge on any atom is -0.496 e. The summed E-state index contributed by atoms with van der Waals surface area (Å²) in [5, 5.41) is 5.78. The molecule has 0 aliphatic rings. The molecule has 1 atom stereocenters. The molecule has 1 unspecified atom stereocenters. The zero-order chi connectivity index (χ0) is 33.8. The molecule has 0 saturated carbocycles. The van der Waals surface area contributed by atoms with E-state index in [9.17, 15) is 9.59 Å². The fourth-order valence-corrected chi connectivity index (χ4v) is 5.53. The third-order valence-corrected chi connectivity index (χ3v) is 8.67. The number of hydrogen-bond acceptors (Lipinski definition) is 7. The highest BCUT2D eigenvalue weighted by molar-refractivity contribution is 8.32. The summed E-state index contributed by atoms with van der Waals surface area (Å²) >= 11 is 0. The first kappa shape index (κ1) is 34.8. The Morgan fingerprint density at radius 2 is 1.70 bits per heavy atom. The van der Waals surface area contributed by atoms with Gasteiger partial charge in [0.1, 0.15) is 29.8 Å². The van der Waals surface area contributed by atoms with Crippen LogP contribution in [0.3, 0.4) is 0 Å². The molecule has 0 aliphatic carbocycles. The molecule has 2 heterocycles. The zero-order valence-electron chi connectivity index (χ0n) is 28.7. The highest BCUT2D eigenvalue weighted by Crippen LogP contribution is 2.37. The Bertz CT molecular complexity index is 1690. The van der Waals surface area contributed by atoms with Gasteiger partial charge in [-0.15, -0.1) is 0 Å². The van der Waals surface area contributed by atoms with Gasteiger partial charge in [0.2, 0.25) is 5.91 Å². The lowest BCUT2D eigenvalue weighted by Gasteiger charge is -2.31. The number of methoxy groups -OCH3 is 1. The van der Waals surface area contributed by atoms with Crippen molar-refractivity contribution in [2.45, 2.75) is 39.1 Å². The second-order valence-electron chi connectivity index (χ2n) is 13.3. The lowest BCUT2D eigenvalue weighted by molar-refractivity contribution is -0.134. The van der Waals surface area contributed by atoms with E-state index in [2.05, 4.69) is 18.8 Å². The fraction of sp³-hybridized carbons (Fsp3) is 0.429. The van der Waals surface area contributed by atoms with Crippen LogP contribution >= 0.6 is 10.0 Å². The maximum Gasteiger partial charge on any atom is 0.410 e. The number of hydrogen-bond donors (Lipinski definition) is 0. The van der Waals surface area contributed by atoms with Gasteiger partial charge in [0, 0.05) is 49.6 Å². The number of ether oxygens (including phenoxy) is 3. The number of carbonyl (C=O) groups excluding carboxylic acids is 2. The lowest BCUT2D eigenvalue weighted by atomic mass is 9.98. The molecule has 11 heteroatoms. The Labute approximate surface area is 274 Å². The molecule has 0 aliphatic heterocycles. The quantitative estimate of drug-likeness (QED) is 0.173. The maximum absolute atomic E-state index is 13.4. The summed E-state index contributed by atoms with van der Waals surface area (Å²) in [7, 11) is 5.89. The summed E-state index contributed by atoms with van der Waals surface area (Å²) < 4.78 is 19.1. The van der Waals surface area contributed by atoms with Gasteiger partial charge in [-0.05, 0) is 74.9 Å². The Hall–Kier alpha value is -4.09. The summed E-state index contributed by atoms with van der Waals surface area (Å²) in [5.74, 6) is 1.46. The van der Waals surface area contributed by atoms with Crippen LogP contribution in [0.1, 0.15) is 32.4 Å². The smallest absolute Gasteiger partial charge is 0.410 e. The van der Waals surface area contributed by atoms with E-state index in [-0.39, 0.29) is 12.6 Å². The van der Waals surface area contributed by atoms with Crippen molar-refractivity contribution in [3.05, 3.63) is 66.4 Å². The maximum atomic E-state index is 13.4. The molecule has 0 fully saturated rings. The first-order chi connectivity index (χ1) is 21.6. The van der Waals surface area contributed by atoms with E-state index in [4.69, 9.17) is 24.3 Å². The lowest BCUT2D eigenvalue weighted by Crippen LogP contribution is -2.43. The Balaban J connectivity index is 1.78. The third kappa shape index (κ3) is 8.38. The second kappa shape index (κ2) is 14.1. The molecule has 2 aromatic heterocycles. The van der Waals surface area contributed by atoms with Crippen LogP contribution in [0.4, 0.5) is 4.79 Å². The molecule has 0 spiro atoms. The largest absolute Gasteiger partial charge is 0.496 e. The average Bonchev–Trinajstić information content (AvgIpc) is 3.35. The Morgan fingerprint density at radius 3 is 2.35 bits per heavy atom. The number of carbonyl (C=O) groups is 2. The van der Waals surface area contributed by atoms with Gasteiger partial charge in [0.25, 0.3) is 0 Å². The number of benzene rings is 2. The molecule has 2 amide bonds. The van der Waals surface area contributed by atoms with Crippen LogP contribution in [-0.4, -0.2) is 102 Å². The Morgan fingerprint density at radius 1 is 0.978 bits per heavy atom. The normalized spacial score (nSPS) is 12.9. The predicted octanol–water partition coefficient (Wildman–Crippen LogP) is 6.44. The third-order valence-electron chi connectivity index (χ3n) is 7.28. The second-order valence-corrected chi connectivity index (χ2v) is 17.9. The van der Waals surface area contributed by atoms with E-state index in [1.54, 1.807) is 59.9 Å². The first-order valence-electron chi connectivity index (χ1n) is 15.1. The molecule has 0 bridgehead atoms. The summed E-state index contributed by atoms with van der Waals surface area (Å²) in [5.41, 5.74) is 3.88. The van der Waals surface area contributed by atoms with Gasteiger partial charge < -0.3 is 19.1 Å². The summed E-state index contributed by atoms with van der Waals surface area (Å²) in [6.07, 6.45) is 8.02. The standard InChI is InChI=1S/C35H47N5O5S/c1-35(2,3)45-34(42)39(6)31(33(41)38(4)5)25-15-13-14-24(20-25)26-21-28-30(27-16-11-12-17-29(27)43-7)37-40(32(28)36-22-26)23-44-18-19-46(8,9)10/h11-17,20-22,31H,18-19,23H2,1-10H3. The van der Waals surface area contributed by atoms with E-state index in [1.165, 1.54) is 9.80 Å². The molecular weight excluding hydrogens is 602 g/mol. The van der Waals surface area contributed by atoms with E-state index >= 15 is 0 Å². The molecule has 46 heavy (non-hydrogen) atoms. The van der Waals surface area contributed by atoms with Crippen molar-refractivity contribution in [2.75, 3.05) is 59.4 Å². The number of nitrogens with zero attached hydrogens (tertiary/aromatic N) is 5. The van der Waals surface area contributed by atoms with Gasteiger partial charge in [0.05, 0.1) is 13.7 Å². The summed E-state index contributed by atoms with van der Waals surface area (Å²) in [6.45, 7) is 6.30. The monoisotopic (exact) mass is 649 g/mol. The topological polar surface area (TPSA) is 99.0 Å². The summed E-state index contributed by atoms with van der Waals surface area (Å²) in [6, 6.07) is 16.5. The number of likely N-dealkylation sites (N-methyl/N-ethyl adjacent to an activating group) is 2. The zero-order valence-corrected chi connectivity index (χ0v) is 29.5. The van der Waals surface area contributed by atoms with Gasteiger partial charge in [-0.25, -0.2) is 24.5 Å². The van der Waals surface area contributed by atoms with Gasteiger partial charge in [-0.1, -0.05) is 30.3 Å². The first-order valence-corrected chi connectivity index (χ1v) is 18.1. The van der Waals surface area contributed by atoms with Crippen molar-refractivity contribution in [1.29, 1.82) is 0 Å². The van der Waals surface area contributed by atoms with Crippen molar-refractivity contribution in [2.24, 2.45) is 0 Å². The number of pyridine rings is 1. The average molecular weight is 650 g/mol. The van der Waals surface area contributed by atoms with Crippen LogP contribution in [-0.2, 0) is 21.0 Å². The van der Waals surface area contributed by atoms with Crippen molar-refractivity contribution in [1.82, 2.24) is 24.6 Å². The summed E-state index contributed by atoms with van der Waals surface area (Å²) in [4.78, 5) is 34.2. The van der Waals surface area contributed by atoms with Gasteiger partial charge in [-0.2, -0.15) is 5.10 Å². The number of aromatic nitrogens is 3. The van der Waals surface area contributed by atoms with E-state index < -0.39 is 27.8 Å². The number of fused-ring (bicyclic) bond motifs is 1. The number of amides is 2. The molecule has 0 saturated heterocycles. The SMILES string of the molecule is COc1ccccc1-c1nn(COCCS(C)(C)C)c2ncc(-c3cccc(C(C(=O)N(C)C)N(C)C(=O)OC(C)(C)C)c3)cc12. The minimum atomic E-state index is -0.888. The highest BCUT2D eigenvalue weighted by atomic mass is 32.3. The van der Waals surface area contributed by atoms with Gasteiger partial charge in [-0.3, -0.25) is 9.69 Å². The molecule has 2 aromatic carbocycles. The van der Waals surface area contributed by atoms with Crippen LogP contribution in [0, 0.1) is 0 Å². The van der Waals surface area contributed by atoms with Crippen LogP contribution in [0.15, 0.2) is 60.8 Å². The Kier molecular flexibility index (Phi) is 10.7. The fourth-order valence-electron chi connectivity index (χ4n) is 4.91. The number of para-hydroxylation sites is 1. The van der Waals surface area contributed by atoms with Crippen LogP contribution in [0.25, 0.3) is 33.4 Å². The number of rotatable bonds is 11. The molecule has 4 rings (SSSR count). The van der Waals surface area contributed by atoms with Crippen molar-refractivity contribution in [3.63, 3.8) is 0 Å². The van der Waals surface area contributed by atoms with Gasteiger partial charge >= 0.3 is 6.09 Å². The highest BCUT2D eigenvalue weighted by Gasteiger charge is 2.33. The van der Waals surface area contributed by atoms with Gasteiger partial charge in [0.15, 0.2) is 5.65 Å². The molecular formula is C35H47N5O5S. The molecule has 4 aromatic rings. The molecule has 0 radical (unpaired) electrons. The molecule has 10 nitrogen and oxygen atoms in total. The van der Waals surface area contributed by atoms with Crippen LogP contribution < -0.4 is 4.74 Å². The van der Waals surface area contributed by atoms with Crippen molar-refractivity contribution < 1.29 is 23.8 Å².